The van der Waals surface area contributed by atoms with Crippen LogP contribution in [0.3, 0.4) is 0 Å². The Balaban J connectivity index is 1.75. The van der Waals surface area contributed by atoms with Crippen LogP contribution in [0, 0.1) is 17.3 Å². The Bertz CT molecular complexity index is 319. The average Bonchev–Trinajstić information content (AvgIpc) is 2.42. The molecule has 0 spiro atoms. The van der Waals surface area contributed by atoms with Crippen LogP contribution in [0.5, 0.6) is 0 Å². The predicted octanol–water partition coefficient (Wildman–Crippen LogP) is 3.23. The lowest BCUT2D eigenvalue weighted by Crippen LogP contribution is -2.47. The van der Waals surface area contributed by atoms with Crippen LogP contribution in [0.4, 0.5) is 0 Å². The van der Waals surface area contributed by atoms with E-state index in [-0.39, 0.29) is 11.3 Å². The van der Waals surface area contributed by atoms with Gasteiger partial charge in [0.15, 0.2) is 0 Å². The Labute approximate surface area is 124 Å². The minimum absolute atomic E-state index is 0.269. The van der Waals surface area contributed by atoms with E-state index in [4.69, 9.17) is 5.73 Å². The zero-order valence-corrected chi connectivity index (χ0v) is 13.3. The summed E-state index contributed by atoms with van der Waals surface area (Å²) in [6.07, 6.45) is 10.5. The van der Waals surface area contributed by atoms with Crippen molar-refractivity contribution in [1.29, 1.82) is 0 Å². The van der Waals surface area contributed by atoms with Gasteiger partial charge in [-0.3, -0.25) is 4.79 Å². The maximum Gasteiger partial charge on any atom is 0.220 e. The van der Waals surface area contributed by atoms with Gasteiger partial charge in [-0.05, 0) is 62.3 Å². The summed E-state index contributed by atoms with van der Waals surface area (Å²) in [6, 6.07) is 0.379. The first-order valence-electron chi connectivity index (χ1n) is 8.50. The second-order valence-electron chi connectivity index (χ2n) is 7.68. The van der Waals surface area contributed by atoms with Crippen molar-refractivity contribution in [2.45, 2.75) is 77.7 Å². The van der Waals surface area contributed by atoms with E-state index in [0.717, 1.165) is 19.4 Å². The fraction of sp³-hybridized carbons (Fsp3) is 0.941. The summed E-state index contributed by atoms with van der Waals surface area (Å²) in [6.45, 7) is 5.41. The zero-order valence-electron chi connectivity index (χ0n) is 13.3. The lowest BCUT2D eigenvalue weighted by molar-refractivity contribution is -0.124. The van der Waals surface area contributed by atoms with E-state index in [1.807, 2.05) is 0 Å². The van der Waals surface area contributed by atoms with Gasteiger partial charge in [0.25, 0.3) is 0 Å². The molecule has 3 N–H and O–H groups in total. The average molecular weight is 280 g/mol. The predicted molar refractivity (Wildman–Crippen MR) is 83.3 cm³/mol. The van der Waals surface area contributed by atoms with Gasteiger partial charge in [0.05, 0.1) is 0 Å². The molecule has 0 aromatic heterocycles. The molecule has 0 radical (unpaired) electrons. The molecule has 2 aliphatic carbocycles. The lowest BCUT2D eigenvalue weighted by atomic mass is 9.73. The van der Waals surface area contributed by atoms with Gasteiger partial charge in [-0.1, -0.05) is 26.7 Å². The van der Waals surface area contributed by atoms with Crippen LogP contribution in [-0.4, -0.2) is 18.5 Å². The van der Waals surface area contributed by atoms with E-state index in [2.05, 4.69) is 19.2 Å². The molecule has 0 aromatic rings. The number of nitrogens with one attached hydrogen (secondary N) is 1. The van der Waals surface area contributed by atoms with Crippen molar-refractivity contribution in [2.75, 3.05) is 6.54 Å². The minimum Gasteiger partial charge on any atom is -0.353 e. The Hall–Kier alpha value is -0.570. The topological polar surface area (TPSA) is 55.1 Å². The monoisotopic (exact) mass is 280 g/mol. The molecule has 1 unspecified atom stereocenters. The molecular formula is C17H32N2O. The summed E-state index contributed by atoms with van der Waals surface area (Å²) in [5.74, 6) is 1.57. The Morgan fingerprint density at radius 2 is 1.75 bits per heavy atom. The fourth-order valence-electron chi connectivity index (χ4n) is 3.95. The number of hydrogen-bond acceptors (Lipinski definition) is 2. The highest BCUT2D eigenvalue weighted by Gasteiger charge is 2.33. The van der Waals surface area contributed by atoms with Crippen LogP contribution >= 0.6 is 0 Å². The van der Waals surface area contributed by atoms with E-state index < -0.39 is 0 Å². The van der Waals surface area contributed by atoms with E-state index in [0.29, 0.717) is 17.9 Å². The molecule has 1 amide bonds. The Morgan fingerprint density at radius 1 is 1.10 bits per heavy atom. The highest BCUT2D eigenvalue weighted by molar-refractivity contribution is 5.76. The standard InChI is InChI=1S/C17H32N2O/c1-17(2)10-4-3-5-15(17)19-16(20)11-13-6-8-14(12-18)9-7-13/h13-15H,3-12,18H2,1-2H3,(H,19,20). The summed E-state index contributed by atoms with van der Waals surface area (Å²) in [5, 5.41) is 3.32. The molecule has 2 fully saturated rings. The molecule has 0 bridgehead atoms. The van der Waals surface area contributed by atoms with Crippen molar-refractivity contribution >= 4 is 5.91 Å². The first-order chi connectivity index (χ1) is 9.51. The molecule has 1 atom stereocenters. The molecule has 0 aromatic carbocycles. The highest BCUT2D eigenvalue weighted by Crippen LogP contribution is 2.36. The molecule has 3 heteroatoms. The molecule has 0 heterocycles. The largest absolute Gasteiger partial charge is 0.353 e. The summed E-state index contributed by atoms with van der Waals surface area (Å²) in [5.41, 5.74) is 5.99. The van der Waals surface area contributed by atoms with Crippen LogP contribution in [0.1, 0.15) is 71.6 Å². The zero-order chi connectivity index (χ0) is 14.6. The van der Waals surface area contributed by atoms with Gasteiger partial charge in [-0.15, -0.1) is 0 Å². The number of carbonyl (C=O) groups is 1. The molecule has 116 valence electrons. The normalized spacial score (nSPS) is 33.6. The summed E-state index contributed by atoms with van der Waals surface area (Å²) in [7, 11) is 0. The second kappa shape index (κ2) is 6.93. The molecule has 2 rings (SSSR count). The first-order valence-corrected chi connectivity index (χ1v) is 8.50. The molecular weight excluding hydrogens is 248 g/mol. The third-order valence-electron chi connectivity index (χ3n) is 5.62. The van der Waals surface area contributed by atoms with Crippen LogP contribution < -0.4 is 11.1 Å². The number of hydrogen-bond donors (Lipinski definition) is 2. The van der Waals surface area contributed by atoms with Crippen LogP contribution in [-0.2, 0) is 4.79 Å². The molecule has 20 heavy (non-hydrogen) atoms. The third-order valence-corrected chi connectivity index (χ3v) is 5.62. The van der Waals surface area contributed by atoms with Crippen molar-refractivity contribution in [1.82, 2.24) is 5.32 Å². The van der Waals surface area contributed by atoms with E-state index >= 15 is 0 Å². The maximum atomic E-state index is 12.3. The Kier molecular flexibility index (Phi) is 5.48. The number of amides is 1. The van der Waals surface area contributed by atoms with Crippen molar-refractivity contribution in [3.8, 4) is 0 Å². The van der Waals surface area contributed by atoms with Crippen molar-refractivity contribution < 1.29 is 4.79 Å². The van der Waals surface area contributed by atoms with Gasteiger partial charge in [-0.25, -0.2) is 0 Å². The van der Waals surface area contributed by atoms with E-state index in [1.165, 1.54) is 44.9 Å². The molecule has 0 aliphatic heterocycles. The first kappa shape index (κ1) is 15.8. The van der Waals surface area contributed by atoms with Crippen LogP contribution in [0.15, 0.2) is 0 Å². The molecule has 0 saturated heterocycles. The molecule has 3 nitrogen and oxygen atoms in total. The van der Waals surface area contributed by atoms with Crippen LogP contribution in [0.2, 0.25) is 0 Å². The van der Waals surface area contributed by atoms with Crippen LogP contribution in [0.25, 0.3) is 0 Å². The SMILES string of the molecule is CC1(C)CCCCC1NC(=O)CC1CCC(CN)CC1. The van der Waals surface area contributed by atoms with E-state index in [1.54, 1.807) is 0 Å². The lowest BCUT2D eigenvalue weighted by Gasteiger charge is -2.39. The summed E-state index contributed by atoms with van der Waals surface area (Å²) in [4.78, 5) is 12.3. The summed E-state index contributed by atoms with van der Waals surface area (Å²) >= 11 is 0. The third kappa shape index (κ3) is 4.21. The van der Waals surface area contributed by atoms with Gasteiger partial charge >= 0.3 is 0 Å². The number of rotatable bonds is 4. The van der Waals surface area contributed by atoms with Gasteiger partial charge in [-0.2, -0.15) is 0 Å². The van der Waals surface area contributed by atoms with Gasteiger partial charge < -0.3 is 11.1 Å². The Morgan fingerprint density at radius 3 is 2.35 bits per heavy atom. The number of carbonyl (C=O) groups excluding carboxylic acids is 1. The van der Waals surface area contributed by atoms with Gasteiger partial charge in [0, 0.05) is 12.5 Å². The smallest absolute Gasteiger partial charge is 0.220 e. The van der Waals surface area contributed by atoms with Gasteiger partial charge in [0.1, 0.15) is 0 Å². The minimum atomic E-state index is 0.269. The quantitative estimate of drug-likeness (QED) is 0.830. The fourth-order valence-corrected chi connectivity index (χ4v) is 3.95. The van der Waals surface area contributed by atoms with Gasteiger partial charge in [0.2, 0.25) is 5.91 Å². The molecule has 2 saturated carbocycles. The highest BCUT2D eigenvalue weighted by atomic mass is 16.1. The van der Waals surface area contributed by atoms with Crippen molar-refractivity contribution in [3.63, 3.8) is 0 Å². The summed E-state index contributed by atoms with van der Waals surface area (Å²) < 4.78 is 0. The van der Waals surface area contributed by atoms with E-state index in [9.17, 15) is 4.79 Å². The molecule has 2 aliphatic rings. The second-order valence-corrected chi connectivity index (χ2v) is 7.68. The van der Waals surface area contributed by atoms with Crippen molar-refractivity contribution in [3.05, 3.63) is 0 Å². The number of nitrogens with two attached hydrogens (primary N) is 1. The maximum absolute atomic E-state index is 12.3. The van der Waals surface area contributed by atoms with Crippen molar-refractivity contribution in [2.24, 2.45) is 23.0 Å².